The number of hydrogen-bond acceptors (Lipinski definition) is 6. The maximum Gasteiger partial charge on any atom is 0.303 e. The smallest absolute Gasteiger partial charge is 0.303 e. The molecule has 0 saturated carbocycles. The van der Waals surface area contributed by atoms with Gasteiger partial charge in [0.05, 0.1) is 6.61 Å². The topological polar surface area (TPSA) is 71.1 Å². The van der Waals surface area contributed by atoms with Crippen LogP contribution >= 0.6 is 0 Å². The van der Waals surface area contributed by atoms with E-state index in [1.54, 1.807) is 0 Å². The van der Waals surface area contributed by atoms with E-state index >= 15 is 0 Å². The molecule has 1 aromatic rings. The van der Waals surface area contributed by atoms with E-state index in [1.807, 2.05) is 30.3 Å². The lowest BCUT2D eigenvalue weighted by molar-refractivity contribution is -0.168. The number of rotatable bonds is 6. The van der Waals surface area contributed by atoms with Gasteiger partial charge in [0, 0.05) is 20.3 Å². The summed E-state index contributed by atoms with van der Waals surface area (Å²) in [6.07, 6.45) is -1.06. The normalized spacial score (nSPS) is 24.0. The summed E-state index contributed by atoms with van der Waals surface area (Å²) in [6, 6.07) is 9.70. The first kappa shape index (κ1) is 16.5. The van der Waals surface area contributed by atoms with E-state index in [2.05, 4.69) is 0 Å². The highest BCUT2D eigenvalue weighted by Gasteiger charge is 2.38. The van der Waals surface area contributed by atoms with Gasteiger partial charge >= 0.3 is 11.9 Å². The predicted octanol–water partition coefficient (Wildman–Crippen LogP) is 1.81. The van der Waals surface area contributed by atoms with E-state index < -0.39 is 30.4 Å². The highest BCUT2D eigenvalue weighted by Crippen LogP contribution is 2.25. The summed E-state index contributed by atoms with van der Waals surface area (Å²) >= 11 is 0. The minimum Gasteiger partial charge on any atom is -0.463 e. The summed E-state index contributed by atoms with van der Waals surface area (Å²) in [5.41, 5.74) is 1.03. The number of ether oxygens (including phenoxy) is 4. The van der Waals surface area contributed by atoms with Crippen molar-refractivity contribution >= 4 is 11.9 Å². The van der Waals surface area contributed by atoms with Gasteiger partial charge in [-0.3, -0.25) is 9.59 Å². The predicted molar refractivity (Wildman–Crippen MR) is 76.7 cm³/mol. The average Bonchev–Trinajstić information content (AvgIpc) is 2.85. The molecule has 0 amide bonds. The molecule has 1 aliphatic heterocycles. The highest BCUT2D eigenvalue weighted by molar-refractivity contribution is 5.66. The third-order valence-corrected chi connectivity index (χ3v) is 3.21. The van der Waals surface area contributed by atoms with Gasteiger partial charge in [-0.25, -0.2) is 0 Å². The Hall–Kier alpha value is -1.92. The van der Waals surface area contributed by atoms with Crippen molar-refractivity contribution in [1.82, 2.24) is 0 Å². The Morgan fingerprint density at radius 3 is 2.55 bits per heavy atom. The number of carbonyl (C=O) groups is 2. The van der Waals surface area contributed by atoms with Crippen molar-refractivity contribution in [2.45, 2.75) is 45.4 Å². The molecule has 1 heterocycles. The maximum atomic E-state index is 11.1. The Morgan fingerprint density at radius 2 is 1.91 bits per heavy atom. The van der Waals surface area contributed by atoms with Crippen molar-refractivity contribution in [2.24, 2.45) is 0 Å². The van der Waals surface area contributed by atoms with Crippen LogP contribution in [0.3, 0.4) is 0 Å². The number of hydrogen-bond donors (Lipinski definition) is 0. The lowest BCUT2D eigenvalue weighted by atomic mass is 10.2. The van der Waals surface area contributed by atoms with Gasteiger partial charge < -0.3 is 18.9 Å². The highest BCUT2D eigenvalue weighted by atomic mass is 16.7. The van der Waals surface area contributed by atoms with Crippen LogP contribution in [0.1, 0.15) is 25.8 Å². The first-order valence-corrected chi connectivity index (χ1v) is 7.16. The van der Waals surface area contributed by atoms with Crippen LogP contribution in [0.2, 0.25) is 0 Å². The van der Waals surface area contributed by atoms with E-state index in [1.165, 1.54) is 13.8 Å². The van der Waals surface area contributed by atoms with Crippen molar-refractivity contribution < 1.29 is 28.5 Å². The summed E-state index contributed by atoms with van der Waals surface area (Å²) in [7, 11) is 0. The lowest BCUT2D eigenvalue weighted by Crippen LogP contribution is -2.31. The zero-order chi connectivity index (χ0) is 15.9. The molecule has 0 bridgehead atoms. The van der Waals surface area contributed by atoms with Gasteiger partial charge in [0.25, 0.3) is 0 Å². The Kier molecular flexibility index (Phi) is 5.91. The number of benzene rings is 1. The monoisotopic (exact) mass is 308 g/mol. The van der Waals surface area contributed by atoms with Gasteiger partial charge in [-0.05, 0) is 5.56 Å². The molecule has 0 N–H and O–H groups in total. The van der Waals surface area contributed by atoms with Crippen molar-refractivity contribution in [3.05, 3.63) is 35.9 Å². The first-order valence-electron chi connectivity index (χ1n) is 7.16. The molecule has 1 aliphatic rings. The van der Waals surface area contributed by atoms with Crippen LogP contribution in [0.4, 0.5) is 0 Å². The Morgan fingerprint density at radius 1 is 1.18 bits per heavy atom. The molecule has 6 heteroatoms. The van der Waals surface area contributed by atoms with Crippen LogP contribution in [-0.4, -0.2) is 37.0 Å². The van der Waals surface area contributed by atoms with Gasteiger partial charge in [-0.15, -0.1) is 0 Å². The minimum atomic E-state index is -0.506. The standard InChI is InChI=1S/C16H20O6/c1-11(17)19-10-15-14(21-12(2)18)8-16(22-15)20-9-13-6-4-3-5-7-13/h3-7,14-16H,8-10H2,1-2H3/t14-,15+,16?/m0/s1. The Bertz CT molecular complexity index is 501. The molecular formula is C16H20O6. The summed E-state index contributed by atoms with van der Waals surface area (Å²) in [4.78, 5) is 22.0. The van der Waals surface area contributed by atoms with Gasteiger partial charge in [-0.2, -0.15) is 0 Å². The van der Waals surface area contributed by atoms with Crippen molar-refractivity contribution in [3.8, 4) is 0 Å². The van der Waals surface area contributed by atoms with Gasteiger partial charge in [0.1, 0.15) is 18.8 Å². The van der Waals surface area contributed by atoms with Crippen LogP contribution in [-0.2, 0) is 35.1 Å². The maximum absolute atomic E-state index is 11.1. The van der Waals surface area contributed by atoms with Crippen molar-refractivity contribution in [3.63, 3.8) is 0 Å². The largest absolute Gasteiger partial charge is 0.463 e. The lowest BCUT2D eigenvalue weighted by Gasteiger charge is -2.17. The van der Waals surface area contributed by atoms with E-state index in [4.69, 9.17) is 18.9 Å². The molecule has 6 nitrogen and oxygen atoms in total. The molecule has 3 atom stereocenters. The van der Waals surface area contributed by atoms with E-state index in [-0.39, 0.29) is 6.61 Å². The summed E-state index contributed by atoms with van der Waals surface area (Å²) in [6.45, 7) is 3.09. The van der Waals surface area contributed by atoms with E-state index in [0.717, 1.165) is 5.56 Å². The molecule has 0 aromatic heterocycles. The molecular weight excluding hydrogens is 288 g/mol. The molecule has 1 fully saturated rings. The second-order valence-corrected chi connectivity index (χ2v) is 5.09. The first-order chi connectivity index (χ1) is 10.5. The van der Waals surface area contributed by atoms with Gasteiger partial charge in [0.2, 0.25) is 0 Å². The van der Waals surface area contributed by atoms with Crippen LogP contribution in [0.5, 0.6) is 0 Å². The van der Waals surface area contributed by atoms with E-state index in [0.29, 0.717) is 13.0 Å². The number of carbonyl (C=O) groups excluding carboxylic acids is 2. The quantitative estimate of drug-likeness (QED) is 0.746. The van der Waals surface area contributed by atoms with Crippen LogP contribution in [0, 0.1) is 0 Å². The van der Waals surface area contributed by atoms with Crippen LogP contribution in [0.15, 0.2) is 30.3 Å². The molecule has 0 radical (unpaired) electrons. The van der Waals surface area contributed by atoms with Crippen molar-refractivity contribution in [1.29, 1.82) is 0 Å². The zero-order valence-electron chi connectivity index (χ0n) is 12.7. The van der Waals surface area contributed by atoms with Crippen LogP contribution in [0.25, 0.3) is 0 Å². The number of esters is 2. The minimum absolute atomic E-state index is 0.0402. The van der Waals surface area contributed by atoms with Crippen LogP contribution < -0.4 is 0 Å². The summed E-state index contributed by atoms with van der Waals surface area (Å²) in [5, 5.41) is 0. The second-order valence-electron chi connectivity index (χ2n) is 5.09. The molecule has 2 rings (SSSR count). The zero-order valence-corrected chi connectivity index (χ0v) is 12.7. The SMILES string of the molecule is CC(=O)OC[C@H]1OC(OCc2ccccc2)C[C@@H]1OC(C)=O. The molecule has 0 aliphatic carbocycles. The third kappa shape index (κ3) is 5.13. The fourth-order valence-corrected chi connectivity index (χ4v) is 2.23. The fraction of sp³-hybridized carbons (Fsp3) is 0.500. The summed E-state index contributed by atoms with van der Waals surface area (Å²) in [5.74, 6) is -0.802. The average molecular weight is 308 g/mol. The third-order valence-electron chi connectivity index (χ3n) is 3.21. The molecule has 0 spiro atoms. The summed E-state index contributed by atoms with van der Waals surface area (Å²) < 4.78 is 21.5. The molecule has 120 valence electrons. The second kappa shape index (κ2) is 7.91. The Balaban J connectivity index is 1.87. The van der Waals surface area contributed by atoms with Crippen molar-refractivity contribution in [2.75, 3.05) is 6.61 Å². The molecule has 1 aromatic carbocycles. The van der Waals surface area contributed by atoms with E-state index in [9.17, 15) is 9.59 Å². The molecule has 22 heavy (non-hydrogen) atoms. The molecule has 1 unspecified atom stereocenters. The Labute approximate surface area is 129 Å². The molecule has 1 saturated heterocycles. The fourth-order valence-electron chi connectivity index (χ4n) is 2.23. The van der Waals surface area contributed by atoms with Gasteiger partial charge in [0.15, 0.2) is 6.29 Å². The van der Waals surface area contributed by atoms with Gasteiger partial charge in [-0.1, -0.05) is 30.3 Å².